The molecule has 1 atom stereocenters. The summed E-state index contributed by atoms with van der Waals surface area (Å²) in [5.41, 5.74) is 0.701. The molecule has 12 heavy (non-hydrogen) atoms. The number of hydrogen-bond donors (Lipinski definition) is 1. The first-order chi connectivity index (χ1) is 5.65. The zero-order valence-electron chi connectivity index (χ0n) is 6.59. The smallest absolute Gasteiger partial charge is 0.147 e. The summed E-state index contributed by atoms with van der Waals surface area (Å²) in [4.78, 5) is 3.82. The Morgan fingerprint density at radius 2 is 2.25 bits per heavy atom. The molecule has 1 aromatic heterocycles. The van der Waals surface area contributed by atoms with Gasteiger partial charge in [0, 0.05) is 11.8 Å². The molecule has 0 bridgehead atoms. The van der Waals surface area contributed by atoms with Gasteiger partial charge in [0.1, 0.15) is 5.15 Å². The normalized spacial score (nSPS) is 13.0. The van der Waals surface area contributed by atoms with Gasteiger partial charge in [0.25, 0.3) is 0 Å². The average Bonchev–Trinajstić information content (AvgIpc) is 2.08. The van der Waals surface area contributed by atoms with E-state index in [-0.39, 0.29) is 5.15 Å². The number of pyridine rings is 1. The van der Waals surface area contributed by atoms with Crippen LogP contribution >= 0.6 is 23.2 Å². The minimum Gasteiger partial charge on any atom is -0.388 e. The quantitative estimate of drug-likeness (QED) is 0.754. The molecule has 2 nitrogen and oxygen atoms in total. The molecule has 0 saturated carbocycles. The third kappa shape index (κ3) is 2.09. The van der Waals surface area contributed by atoms with Gasteiger partial charge in [-0.1, -0.05) is 30.1 Å². The van der Waals surface area contributed by atoms with Gasteiger partial charge in [-0.3, -0.25) is 0 Å². The van der Waals surface area contributed by atoms with Crippen molar-refractivity contribution in [2.24, 2.45) is 0 Å². The molecule has 0 aliphatic heterocycles. The predicted molar refractivity (Wildman–Crippen MR) is 49.5 cm³/mol. The molecule has 0 aliphatic carbocycles. The predicted octanol–water partition coefficient (Wildman–Crippen LogP) is 2.83. The minimum absolute atomic E-state index is 0.267. The van der Waals surface area contributed by atoms with Crippen molar-refractivity contribution in [1.82, 2.24) is 4.98 Å². The van der Waals surface area contributed by atoms with Crippen LogP contribution in [0.4, 0.5) is 0 Å². The third-order valence-corrected chi connectivity index (χ3v) is 2.27. The van der Waals surface area contributed by atoms with Gasteiger partial charge < -0.3 is 5.11 Å². The van der Waals surface area contributed by atoms with Gasteiger partial charge in [0.2, 0.25) is 0 Å². The number of hydrogen-bond acceptors (Lipinski definition) is 2. The highest BCUT2D eigenvalue weighted by atomic mass is 35.5. The van der Waals surface area contributed by atoms with Crippen molar-refractivity contribution >= 4 is 23.2 Å². The summed E-state index contributed by atoms with van der Waals surface area (Å²) in [6.45, 7) is 1.88. The first-order valence-corrected chi connectivity index (χ1v) is 4.39. The van der Waals surface area contributed by atoms with Crippen molar-refractivity contribution in [2.45, 2.75) is 19.4 Å². The fourth-order valence-electron chi connectivity index (χ4n) is 0.854. The molecule has 0 aliphatic rings. The van der Waals surface area contributed by atoms with E-state index in [4.69, 9.17) is 23.2 Å². The average molecular weight is 206 g/mol. The molecular formula is C8H9Cl2NO. The van der Waals surface area contributed by atoms with Crippen LogP contribution in [-0.4, -0.2) is 10.1 Å². The van der Waals surface area contributed by atoms with Gasteiger partial charge in [-0.15, -0.1) is 0 Å². The summed E-state index contributed by atoms with van der Waals surface area (Å²) in [6.07, 6.45) is 1.66. The van der Waals surface area contributed by atoms with Crippen molar-refractivity contribution in [2.75, 3.05) is 0 Å². The van der Waals surface area contributed by atoms with Crippen LogP contribution in [0, 0.1) is 0 Å². The van der Waals surface area contributed by atoms with Crippen LogP contribution in [-0.2, 0) is 0 Å². The Labute approximate surface area is 81.1 Å². The van der Waals surface area contributed by atoms with E-state index in [0.717, 1.165) is 0 Å². The third-order valence-electron chi connectivity index (χ3n) is 1.59. The molecule has 1 heterocycles. The summed E-state index contributed by atoms with van der Waals surface area (Å²) in [5.74, 6) is 0. The number of aliphatic hydroxyl groups excluding tert-OH is 1. The zero-order valence-corrected chi connectivity index (χ0v) is 8.10. The Morgan fingerprint density at radius 1 is 1.58 bits per heavy atom. The summed E-state index contributed by atoms with van der Waals surface area (Å²) in [7, 11) is 0. The van der Waals surface area contributed by atoms with Crippen molar-refractivity contribution in [3.05, 3.63) is 28.0 Å². The van der Waals surface area contributed by atoms with E-state index in [0.29, 0.717) is 17.0 Å². The second kappa shape index (κ2) is 4.08. The topological polar surface area (TPSA) is 33.1 Å². The number of nitrogens with zero attached hydrogens (tertiary/aromatic N) is 1. The number of rotatable bonds is 2. The van der Waals surface area contributed by atoms with E-state index in [1.165, 1.54) is 6.20 Å². The van der Waals surface area contributed by atoms with Gasteiger partial charge in [-0.25, -0.2) is 4.98 Å². The van der Waals surface area contributed by atoms with E-state index in [9.17, 15) is 5.11 Å². The van der Waals surface area contributed by atoms with Crippen LogP contribution in [0.25, 0.3) is 0 Å². The molecule has 0 radical (unpaired) electrons. The van der Waals surface area contributed by atoms with Crippen LogP contribution in [0.1, 0.15) is 25.0 Å². The lowest BCUT2D eigenvalue weighted by Gasteiger charge is -2.07. The van der Waals surface area contributed by atoms with Gasteiger partial charge in [0.05, 0.1) is 11.1 Å². The van der Waals surface area contributed by atoms with E-state index in [1.807, 2.05) is 6.92 Å². The van der Waals surface area contributed by atoms with Crippen LogP contribution < -0.4 is 0 Å². The molecule has 4 heteroatoms. The van der Waals surface area contributed by atoms with E-state index in [1.54, 1.807) is 6.07 Å². The Bertz CT molecular complexity index is 278. The molecule has 0 amide bonds. The molecule has 0 spiro atoms. The van der Waals surface area contributed by atoms with Crippen molar-refractivity contribution in [1.29, 1.82) is 0 Å². The fourth-order valence-corrected chi connectivity index (χ4v) is 1.13. The molecule has 0 unspecified atom stereocenters. The monoisotopic (exact) mass is 205 g/mol. The van der Waals surface area contributed by atoms with Crippen LogP contribution in [0.15, 0.2) is 12.3 Å². The minimum atomic E-state index is -0.507. The molecule has 1 rings (SSSR count). The molecule has 1 aromatic rings. The van der Waals surface area contributed by atoms with Gasteiger partial charge in [0.15, 0.2) is 0 Å². The summed E-state index contributed by atoms with van der Waals surface area (Å²) in [5, 5.41) is 10.0. The standard InChI is InChI=1S/C8H9Cl2NO/c1-2-7(12)5-3-6(9)8(10)11-4-5/h3-4,7,12H,2H2,1H3/t7-/m0/s1. The maximum atomic E-state index is 9.40. The SMILES string of the molecule is CC[C@H](O)c1cnc(Cl)c(Cl)c1. The van der Waals surface area contributed by atoms with Crippen LogP contribution in [0.2, 0.25) is 10.2 Å². The summed E-state index contributed by atoms with van der Waals surface area (Å²) >= 11 is 11.3. The van der Waals surface area contributed by atoms with Crippen molar-refractivity contribution < 1.29 is 5.11 Å². The van der Waals surface area contributed by atoms with Gasteiger partial charge in [-0.05, 0) is 12.5 Å². The molecule has 0 saturated heterocycles. The Morgan fingerprint density at radius 3 is 2.75 bits per heavy atom. The van der Waals surface area contributed by atoms with E-state index in [2.05, 4.69) is 4.98 Å². The van der Waals surface area contributed by atoms with Crippen LogP contribution in [0.3, 0.4) is 0 Å². The molecule has 66 valence electrons. The maximum absolute atomic E-state index is 9.40. The largest absolute Gasteiger partial charge is 0.388 e. The zero-order chi connectivity index (χ0) is 9.14. The lowest BCUT2D eigenvalue weighted by Crippen LogP contribution is -1.95. The van der Waals surface area contributed by atoms with Crippen molar-refractivity contribution in [3.63, 3.8) is 0 Å². The van der Waals surface area contributed by atoms with E-state index < -0.39 is 6.10 Å². The Balaban J connectivity index is 2.96. The Kier molecular flexibility index (Phi) is 3.32. The van der Waals surface area contributed by atoms with E-state index >= 15 is 0 Å². The number of aliphatic hydroxyl groups is 1. The van der Waals surface area contributed by atoms with Crippen molar-refractivity contribution in [3.8, 4) is 0 Å². The maximum Gasteiger partial charge on any atom is 0.147 e. The highest BCUT2D eigenvalue weighted by Gasteiger charge is 2.07. The lowest BCUT2D eigenvalue weighted by atomic mass is 10.1. The highest BCUT2D eigenvalue weighted by Crippen LogP contribution is 2.24. The summed E-state index contributed by atoms with van der Waals surface area (Å²) < 4.78 is 0. The fraction of sp³-hybridized carbons (Fsp3) is 0.375. The molecule has 0 fully saturated rings. The van der Waals surface area contributed by atoms with Gasteiger partial charge >= 0.3 is 0 Å². The number of halogens is 2. The molecular weight excluding hydrogens is 197 g/mol. The molecule has 1 N–H and O–H groups in total. The lowest BCUT2D eigenvalue weighted by molar-refractivity contribution is 0.173. The second-order valence-corrected chi connectivity index (χ2v) is 3.23. The molecule has 0 aromatic carbocycles. The summed E-state index contributed by atoms with van der Waals surface area (Å²) in [6, 6.07) is 1.63. The Hall–Kier alpha value is -0.310. The second-order valence-electron chi connectivity index (χ2n) is 2.47. The van der Waals surface area contributed by atoms with Crippen LogP contribution in [0.5, 0.6) is 0 Å². The first-order valence-electron chi connectivity index (χ1n) is 3.64. The van der Waals surface area contributed by atoms with Gasteiger partial charge in [-0.2, -0.15) is 0 Å². The highest BCUT2D eigenvalue weighted by molar-refractivity contribution is 6.41. The first kappa shape index (κ1) is 9.78. The number of aromatic nitrogens is 1.